The van der Waals surface area contributed by atoms with E-state index in [1.165, 1.54) is 0 Å². The molecule has 0 aromatic heterocycles. The van der Waals surface area contributed by atoms with Gasteiger partial charge in [-0.3, -0.25) is 0 Å². The van der Waals surface area contributed by atoms with E-state index in [2.05, 4.69) is 28.1 Å². The van der Waals surface area contributed by atoms with E-state index in [4.69, 9.17) is 16.3 Å². The molecule has 0 N–H and O–H groups in total. The van der Waals surface area contributed by atoms with Crippen LogP contribution in [0, 0.1) is 0 Å². The number of rotatable bonds is 3. The highest BCUT2D eigenvalue weighted by atomic mass is 79.9. The first kappa shape index (κ1) is 14.2. The van der Waals surface area contributed by atoms with Crippen LogP contribution in [0.2, 0.25) is 5.02 Å². The highest BCUT2D eigenvalue weighted by molar-refractivity contribution is 9.10. The Balaban J connectivity index is 2.02. The summed E-state index contributed by atoms with van der Waals surface area (Å²) < 4.78 is 6.80. The summed E-state index contributed by atoms with van der Waals surface area (Å²) in [6.07, 6.45) is 0. The van der Waals surface area contributed by atoms with Gasteiger partial charge in [0.05, 0.1) is 9.50 Å². The fourth-order valence-corrected chi connectivity index (χ4v) is 2.60. The largest absolute Gasteiger partial charge is 0.455 e. The van der Waals surface area contributed by atoms with Crippen LogP contribution >= 0.6 is 27.5 Å². The van der Waals surface area contributed by atoms with E-state index in [1.54, 1.807) is 0 Å². The third-order valence-corrected chi connectivity index (χ3v) is 4.47. The highest BCUT2D eigenvalue weighted by Crippen LogP contribution is 2.38. The number of para-hydroxylation sites is 1. The summed E-state index contributed by atoms with van der Waals surface area (Å²) in [6, 6.07) is 23.7. The minimum atomic E-state index is 0.629. The zero-order valence-electron chi connectivity index (χ0n) is 11.1. The monoisotopic (exact) mass is 358 g/mol. The van der Waals surface area contributed by atoms with Crippen molar-refractivity contribution in [2.24, 2.45) is 0 Å². The lowest BCUT2D eigenvalue weighted by Gasteiger charge is -2.13. The van der Waals surface area contributed by atoms with Crippen molar-refractivity contribution in [1.82, 2.24) is 0 Å². The van der Waals surface area contributed by atoms with Gasteiger partial charge in [0.1, 0.15) is 11.5 Å². The molecule has 3 rings (SSSR count). The maximum atomic E-state index is 6.11. The second-order valence-electron chi connectivity index (χ2n) is 4.52. The minimum Gasteiger partial charge on any atom is -0.455 e. The van der Waals surface area contributed by atoms with Gasteiger partial charge >= 0.3 is 0 Å². The number of hydrogen-bond donors (Lipinski definition) is 0. The third-order valence-electron chi connectivity index (χ3n) is 3.11. The van der Waals surface area contributed by atoms with Crippen molar-refractivity contribution < 1.29 is 4.74 Å². The Labute approximate surface area is 137 Å². The van der Waals surface area contributed by atoms with Crippen molar-refractivity contribution in [1.29, 1.82) is 0 Å². The highest BCUT2D eigenvalue weighted by Gasteiger charge is 2.10. The number of ether oxygens (including phenoxy) is 1. The van der Waals surface area contributed by atoms with Crippen LogP contribution in [0.1, 0.15) is 0 Å². The van der Waals surface area contributed by atoms with Gasteiger partial charge in [-0.2, -0.15) is 0 Å². The van der Waals surface area contributed by atoms with Crippen molar-refractivity contribution in [3.63, 3.8) is 0 Å². The number of hydrogen-bond acceptors (Lipinski definition) is 1. The van der Waals surface area contributed by atoms with Crippen molar-refractivity contribution in [2.45, 2.75) is 0 Å². The van der Waals surface area contributed by atoms with E-state index in [9.17, 15) is 0 Å². The van der Waals surface area contributed by atoms with E-state index >= 15 is 0 Å². The smallest absolute Gasteiger partial charge is 0.143 e. The molecule has 0 aliphatic rings. The van der Waals surface area contributed by atoms with Crippen LogP contribution in [-0.4, -0.2) is 0 Å². The first-order valence-electron chi connectivity index (χ1n) is 6.52. The molecule has 0 aliphatic carbocycles. The van der Waals surface area contributed by atoms with Gasteiger partial charge in [-0.25, -0.2) is 0 Å². The van der Waals surface area contributed by atoms with Gasteiger partial charge < -0.3 is 4.74 Å². The fraction of sp³-hybridized carbons (Fsp3) is 0. The van der Waals surface area contributed by atoms with Crippen LogP contribution in [0.5, 0.6) is 11.5 Å². The molecule has 104 valence electrons. The molecular weight excluding hydrogens is 348 g/mol. The van der Waals surface area contributed by atoms with Crippen LogP contribution in [0.4, 0.5) is 0 Å². The van der Waals surface area contributed by atoms with Gasteiger partial charge in [0.2, 0.25) is 0 Å². The molecule has 0 saturated heterocycles. The summed E-state index contributed by atoms with van der Waals surface area (Å²) in [6.45, 7) is 0. The molecular formula is C18H12BrClO. The first-order valence-corrected chi connectivity index (χ1v) is 7.69. The molecule has 0 atom stereocenters. The van der Waals surface area contributed by atoms with E-state index in [-0.39, 0.29) is 0 Å². The molecule has 0 heterocycles. The SMILES string of the molecule is Clc1cccc(Oc2ccccc2-c2ccccc2)c1Br. The standard InChI is InChI=1S/C18H12BrClO/c19-18-15(20)10-6-12-17(18)21-16-11-5-4-9-14(16)13-7-2-1-3-8-13/h1-12H. The van der Waals surface area contributed by atoms with Crippen LogP contribution < -0.4 is 4.74 Å². The van der Waals surface area contributed by atoms with Crippen molar-refractivity contribution >= 4 is 27.5 Å². The molecule has 0 spiro atoms. The fourth-order valence-electron chi connectivity index (χ4n) is 2.09. The molecule has 3 heteroatoms. The normalized spacial score (nSPS) is 10.4. The van der Waals surface area contributed by atoms with E-state index in [0.29, 0.717) is 10.8 Å². The maximum Gasteiger partial charge on any atom is 0.143 e. The third kappa shape index (κ3) is 3.12. The molecule has 0 aliphatic heterocycles. The molecule has 0 fully saturated rings. The lowest BCUT2D eigenvalue weighted by molar-refractivity contribution is 0.481. The van der Waals surface area contributed by atoms with Gasteiger partial charge in [-0.15, -0.1) is 0 Å². The lowest BCUT2D eigenvalue weighted by Crippen LogP contribution is -1.89. The number of halogens is 2. The zero-order valence-corrected chi connectivity index (χ0v) is 13.4. The second-order valence-corrected chi connectivity index (χ2v) is 5.72. The molecule has 0 amide bonds. The summed E-state index contributed by atoms with van der Waals surface area (Å²) in [5, 5.41) is 0.629. The molecule has 21 heavy (non-hydrogen) atoms. The molecule has 1 nitrogen and oxygen atoms in total. The Morgan fingerprint density at radius 3 is 2.19 bits per heavy atom. The maximum absolute atomic E-state index is 6.11. The van der Waals surface area contributed by atoms with Crippen molar-refractivity contribution in [3.05, 3.63) is 82.3 Å². The Hall–Kier alpha value is -1.77. The molecule has 0 unspecified atom stereocenters. The molecule has 3 aromatic rings. The molecule has 0 radical (unpaired) electrons. The number of benzene rings is 3. The van der Waals surface area contributed by atoms with Crippen molar-refractivity contribution in [3.8, 4) is 22.6 Å². The van der Waals surface area contributed by atoms with E-state index < -0.39 is 0 Å². The van der Waals surface area contributed by atoms with Gasteiger partial charge in [-0.05, 0) is 39.7 Å². The van der Waals surface area contributed by atoms with Gasteiger partial charge in [0.15, 0.2) is 0 Å². The average molecular weight is 360 g/mol. The predicted molar refractivity (Wildman–Crippen MR) is 91.1 cm³/mol. The lowest BCUT2D eigenvalue weighted by atomic mass is 10.1. The summed E-state index contributed by atoms with van der Waals surface area (Å²) >= 11 is 9.57. The quantitative estimate of drug-likeness (QED) is 0.514. The Morgan fingerprint density at radius 1 is 0.714 bits per heavy atom. The Bertz CT molecular complexity index is 756. The molecule has 0 bridgehead atoms. The van der Waals surface area contributed by atoms with E-state index in [0.717, 1.165) is 21.3 Å². The summed E-state index contributed by atoms with van der Waals surface area (Å²) in [5.41, 5.74) is 2.16. The second kappa shape index (κ2) is 6.33. The predicted octanol–water partition coefficient (Wildman–Crippen LogP) is 6.56. The molecule has 0 saturated carbocycles. The van der Waals surface area contributed by atoms with Gasteiger partial charge in [-0.1, -0.05) is 66.2 Å². The summed E-state index contributed by atoms with van der Waals surface area (Å²) in [7, 11) is 0. The molecule has 3 aromatic carbocycles. The van der Waals surface area contributed by atoms with Crippen LogP contribution in [0.3, 0.4) is 0 Å². The first-order chi connectivity index (χ1) is 10.3. The summed E-state index contributed by atoms with van der Waals surface area (Å²) in [5.74, 6) is 1.50. The minimum absolute atomic E-state index is 0.629. The van der Waals surface area contributed by atoms with Crippen molar-refractivity contribution in [2.75, 3.05) is 0 Å². The zero-order chi connectivity index (χ0) is 14.7. The van der Waals surface area contributed by atoms with Gasteiger partial charge in [0.25, 0.3) is 0 Å². The Morgan fingerprint density at radius 2 is 1.38 bits per heavy atom. The topological polar surface area (TPSA) is 9.23 Å². The van der Waals surface area contributed by atoms with Crippen LogP contribution in [0.25, 0.3) is 11.1 Å². The van der Waals surface area contributed by atoms with Crippen LogP contribution in [0.15, 0.2) is 77.3 Å². The summed E-state index contributed by atoms with van der Waals surface area (Å²) in [4.78, 5) is 0. The van der Waals surface area contributed by atoms with Gasteiger partial charge in [0, 0.05) is 5.56 Å². The average Bonchev–Trinajstić information content (AvgIpc) is 2.53. The Kier molecular flexibility index (Phi) is 4.28. The van der Waals surface area contributed by atoms with Crippen LogP contribution in [-0.2, 0) is 0 Å². The van der Waals surface area contributed by atoms with E-state index in [1.807, 2.05) is 60.7 Å².